The summed E-state index contributed by atoms with van der Waals surface area (Å²) in [5.41, 5.74) is 0. The van der Waals surface area contributed by atoms with Crippen LogP contribution in [0.15, 0.2) is 0 Å². The van der Waals surface area contributed by atoms with Crippen LogP contribution in [0.5, 0.6) is 0 Å². The molecular weight excluding hydrogens is 76.1 g/mol. The summed E-state index contributed by atoms with van der Waals surface area (Å²) in [6.45, 7) is 3.16. The van der Waals surface area contributed by atoms with Crippen molar-refractivity contribution in [3.05, 3.63) is 0 Å². The minimum absolute atomic E-state index is 0.616. The third-order valence-corrected chi connectivity index (χ3v) is 1.25. The average molecular weight is 86.1 g/mol. The standard InChI is InChI=1S/C5H10O/c1-2-5-3-4-6-5/h5H,2-4H2,1H3/t5-/m1/s1. The van der Waals surface area contributed by atoms with E-state index in [0.717, 1.165) is 6.61 Å². The molecular formula is C5H10O. The molecule has 1 heterocycles. The molecule has 1 rings (SSSR count). The Morgan fingerprint density at radius 1 is 1.83 bits per heavy atom. The van der Waals surface area contributed by atoms with Gasteiger partial charge in [0, 0.05) is 6.61 Å². The lowest BCUT2D eigenvalue weighted by Gasteiger charge is -2.24. The molecule has 1 aliphatic heterocycles. The predicted octanol–water partition coefficient (Wildman–Crippen LogP) is 1.19. The SMILES string of the molecule is CC[C@@H]1CCO1. The van der Waals surface area contributed by atoms with Crippen LogP contribution in [0.3, 0.4) is 0 Å². The molecule has 0 aromatic heterocycles. The van der Waals surface area contributed by atoms with Crippen molar-refractivity contribution in [3.8, 4) is 0 Å². The van der Waals surface area contributed by atoms with Crippen LogP contribution in [0.4, 0.5) is 0 Å². The van der Waals surface area contributed by atoms with Crippen molar-refractivity contribution in [2.24, 2.45) is 0 Å². The summed E-state index contributed by atoms with van der Waals surface area (Å²) in [6.07, 6.45) is 3.10. The molecule has 0 unspecified atom stereocenters. The first-order valence-corrected chi connectivity index (χ1v) is 2.55. The van der Waals surface area contributed by atoms with Crippen LogP contribution < -0.4 is 0 Å². The molecule has 1 atom stereocenters. The zero-order valence-electron chi connectivity index (χ0n) is 4.11. The van der Waals surface area contributed by atoms with Crippen molar-refractivity contribution in [2.45, 2.75) is 25.9 Å². The van der Waals surface area contributed by atoms with Gasteiger partial charge in [0.1, 0.15) is 0 Å². The monoisotopic (exact) mass is 86.1 g/mol. The summed E-state index contributed by atoms with van der Waals surface area (Å²) >= 11 is 0. The van der Waals surface area contributed by atoms with Gasteiger partial charge in [0.15, 0.2) is 0 Å². The fourth-order valence-electron chi connectivity index (χ4n) is 0.606. The second kappa shape index (κ2) is 1.61. The highest BCUT2D eigenvalue weighted by atomic mass is 16.5. The molecule has 0 saturated carbocycles. The summed E-state index contributed by atoms with van der Waals surface area (Å²) in [6, 6.07) is 0. The van der Waals surface area contributed by atoms with Gasteiger partial charge < -0.3 is 4.74 Å². The summed E-state index contributed by atoms with van der Waals surface area (Å²) in [5, 5.41) is 0. The van der Waals surface area contributed by atoms with Crippen molar-refractivity contribution in [1.82, 2.24) is 0 Å². The van der Waals surface area contributed by atoms with E-state index in [0.29, 0.717) is 6.10 Å². The van der Waals surface area contributed by atoms with Crippen LogP contribution in [-0.2, 0) is 4.74 Å². The van der Waals surface area contributed by atoms with Gasteiger partial charge in [-0.2, -0.15) is 0 Å². The summed E-state index contributed by atoms with van der Waals surface area (Å²) in [4.78, 5) is 0. The van der Waals surface area contributed by atoms with E-state index in [-0.39, 0.29) is 0 Å². The maximum absolute atomic E-state index is 5.08. The van der Waals surface area contributed by atoms with Gasteiger partial charge in [0.05, 0.1) is 6.10 Å². The van der Waals surface area contributed by atoms with E-state index in [2.05, 4.69) is 6.92 Å². The zero-order valence-corrected chi connectivity index (χ0v) is 4.11. The van der Waals surface area contributed by atoms with Crippen molar-refractivity contribution in [3.63, 3.8) is 0 Å². The Hall–Kier alpha value is -0.0400. The van der Waals surface area contributed by atoms with Gasteiger partial charge >= 0.3 is 0 Å². The van der Waals surface area contributed by atoms with Gasteiger partial charge in [-0.1, -0.05) is 6.92 Å². The van der Waals surface area contributed by atoms with E-state index in [1.165, 1.54) is 12.8 Å². The number of hydrogen-bond donors (Lipinski definition) is 0. The Bertz CT molecular complexity index is 36.4. The molecule has 0 bridgehead atoms. The second-order valence-electron chi connectivity index (χ2n) is 1.69. The molecule has 0 amide bonds. The van der Waals surface area contributed by atoms with Crippen LogP contribution in [0.1, 0.15) is 19.8 Å². The van der Waals surface area contributed by atoms with E-state index < -0.39 is 0 Å². The van der Waals surface area contributed by atoms with Crippen LogP contribution in [0, 0.1) is 0 Å². The quantitative estimate of drug-likeness (QED) is 0.465. The molecule has 0 radical (unpaired) electrons. The lowest BCUT2D eigenvalue weighted by atomic mass is 10.1. The van der Waals surface area contributed by atoms with E-state index in [9.17, 15) is 0 Å². The van der Waals surface area contributed by atoms with Crippen LogP contribution in [-0.4, -0.2) is 12.7 Å². The maximum atomic E-state index is 5.08. The number of rotatable bonds is 1. The molecule has 1 nitrogen and oxygen atoms in total. The highest BCUT2D eigenvalue weighted by Gasteiger charge is 2.13. The Kier molecular flexibility index (Phi) is 1.10. The van der Waals surface area contributed by atoms with Crippen molar-refractivity contribution < 1.29 is 4.74 Å². The van der Waals surface area contributed by atoms with Gasteiger partial charge in [0.25, 0.3) is 0 Å². The molecule has 0 aromatic carbocycles. The molecule has 1 saturated heterocycles. The van der Waals surface area contributed by atoms with Crippen molar-refractivity contribution >= 4 is 0 Å². The second-order valence-corrected chi connectivity index (χ2v) is 1.69. The normalized spacial score (nSPS) is 32.5. The van der Waals surface area contributed by atoms with Gasteiger partial charge in [-0.05, 0) is 12.8 Å². The van der Waals surface area contributed by atoms with Gasteiger partial charge in [-0.3, -0.25) is 0 Å². The Labute approximate surface area is 38.3 Å². The van der Waals surface area contributed by atoms with Crippen LogP contribution >= 0.6 is 0 Å². The zero-order chi connectivity index (χ0) is 4.41. The van der Waals surface area contributed by atoms with E-state index in [4.69, 9.17) is 4.74 Å². The van der Waals surface area contributed by atoms with Gasteiger partial charge in [-0.25, -0.2) is 0 Å². The smallest absolute Gasteiger partial charge is 0.0594 e. The first-order valence-electron chi connectivity index (χ1n) is 2.55. The third-order valence-electron chi connectivity index (χ3n) is 1.25. The lowest BCUT2D eigenvalue weighted by Crippen LogP contribution is -2.25. The Morgan fingerprint density at radius 2 is 2.50 bits per heavy atom. The fraction of sp³-hybridized carbons (Fsp3) is 1.00. The topological polar surface area (TPSA) is 9.23 Å². The first kappa shape index (κ1) is 4.13. The molecule has 0 aromatic rings. The van der Waals surface area contributed by atoms with E-state index in [1.54, 1.807) is 0 Å². The largest absolute Gasteiger partial charge is 0.378 e. The Balaban J connectivity index is 2.01. The summed E-state index contributed by atoms with van der Waals surface area (Å²) in [7, 11) is 0. The van der Waals surface area contributed by atoms with E-state index >= 15 is 0 Å². The van der Waals surface area contributed by atoms with Crippen molar-refractivity contribution in [2.75, 3.05) is 6.61 Å². The molecule has 1 fully saturated rings. The molecule has 1 aliphatic rings. The maximum Gasteiger partial charge on any atom is 0.0594 e. The van der Waals surface area contributed by atoms with Crippen LogP contribution in [0.25, 0.3) is 0 Å². The fourth-order valence-corrected chi connectivity index (χ4v) is 0.606. The number of hydrogen-bond acceptors (Lipinski definition) is 1. The van der Waals surface area contributed by atoms with Crippen LogP contribution in [0.2, 0.25) is 0 Å². The van der Waals surface area contributed by atoms with Gasteiger partial charge in [-0.15, -0.1) is 0 Å². The molecule has 36 valence electrons. The highest BCUT2D eigenvalue weighted by Crippen LogP contribution is 2.12. The third kappa shape index (κ3) is 0.548. The first-order chi connectivity index (χ1) is 2.93. The van der Waals surface area contributed by atoms with Crippen molar-refractivity contribution in [1.29, 1.82) is 0 Å². The molecule has 6 heavy (non-hydrogen) atoms. The predicted molar refractivity (Wildman–Crippen MR) is 24.6 cm³/mol. The minimum Gasteiger partial charge on any atom is -0.378 e. The Morgan fingerprint density at radius 3 is 2.50 bits per heavy atom. The molecule has 1 heteroatoms. The average Bonchev–Trinajstić information content (AvgIpc) is 1.31. The van der Waals surface area contributed by atoms with Gasteiger partial charge in [0.2, 0.25) is 0 Å². The molecule has 0 spiro atoms. The highest BCUT2D eigenvalue weighted by molar-refractivity contribution is 4.62. The summed E-state index contributed by atoms with van der Waals surface area (Å²) < 4.78 is 5.08. The van der Waals surface area contributed by atoms with E-state index in [1.807, 2.05) is 0 Å². The minimum atomic E-state index is 0.616. The lowest BCUT2D eigenvalue weighted by molar-refractivity contribution is -0.0516. The molecule has 0 aliphatic carbocycles. The number of ether oxygens (including phenoxy) is 1. The summed E-state index contributed by atoms with van der Waals surface area (Å²) in [5.74, 6) is 0. The molecule has 0 N–H and O–H groups in total.